The van der Waals surface area contributed by atoms with Crippen molar-refractivity contribution in [3.8, 4) is 0 Å². The molecule has 0 aliphatic carbocycles. The molecular weight excluding hydrogens is 401 g/mol. The number of benzene rings is 1. The van der Waals surface area contributed by atoms with Crippen LogP contribution >= 0.6 is 11.3 Å². The van der Waals surface area contributed by atoms with Crippen LogP contribution in [0.2, 0.25) is 0 Å². The topological polar surface area (TPSA) is 66.5 Å². The molecule has 0 saturated carbocycles. The summed E-state index contributed by atoms with van der Waals surface area (Å²) in [6, 6.07) is 5.84. The maximum atomic E-state index is 12.7. The Morgan fingerprint density at radius 1 is 1.11 bits per heavy atom. The molecule has 0 unspecified atom stereocenters. The van der Waals surface area contributed by atoms with Crippen LogP contribution in [0, 0.1) is 0 Å². The van der Waals surface area contributed by atoms with Gasteiger partial charge in [-0.3, -0.25) is 4.79 Å². The maximum absolute atomic E-state index is 12.7. The standard InChI is InChI=1S/C17H17F3N2O3S2/c18-17(19,20)13-5-3-12(4-6-13)11-21-16(23)15-14(7-10-26-15)27(24,25)22-8-1-2-9-22/h3-7,10H,1-2,8-9,11H2,(H,21,23). The molecule has 1 N–H and O–H groups in total. The van der Waals surface area contributed by atoms with Crippen molar-refractivity contribution in [1.82, 2.24) is 9.62 Å². The molecule has 1 aromatic heterocycles. The summed E-state index contributed by atoms with van der Waals surface area (Å²) in [5.41, 5.74) is -0.285. The van der Waals surface area contributed by atoms with E-state index in [1.165, 1.54) is 27.9 Å². The van der Waals surface area contributed by atoms with Crippen LogP contribution in [-0.2, 0) is 22.7 Å². The van der Waals surface area contributed by atoms with Crippen molar-refractivity contribution in [2.45, 2.75) is 30.5 Å². The molecule has 2 aromatic rings. The first-order valence-corrected chi connectivity index (χ1v) is 10.5. The summed E-state index contributed by atoms with van der Waals surface area (Å²) in [7, 11) is -3.72. The predicted octanol–water partition coefficient (Wildman–Crippen LogP) is 3.48. The molecule has 1 aliphatic rings. The van der Waals surface area contributed by atoms with Gasteiger partial charge in [0.2, 0.25) is 10.0 Å². The summed E-state index contributed by atoms with van der Waals surface area (Å²) >= 11 is 1.02. The summed E-state index contributed by atoms with van der Waals surface area (Å²) in [5, 5.41) is 4.11. The van der Waals surface area contributed by atoms with E-state index in [4.69, 9.17) is 0 Å². The minimum Gasteiger partial charge on any atom is -0.347 e. The number of hydrogen-bond donors (Lipinski definition) is 1. The minimum atomic E-state index is -4.42. The molecule has 1 aromatic carbocycles. The van der Waals surface area contributed by atoms with E-state index in [0.717, 1.165) is 36.3 Å². The van der Waals surface area contributed by atoms with Gasteiger partial charge in [0, 0.05) is 19.6 Å². The lowest BCUT2D eigenvalue weighted by Crippen LogP contribution is -2.30. The number of carbonyl (C=O) groups excluding carboxylic acids is 1. The van der Waals surface area contributed by atoms with Crippen LogP contribution in [0.15, 0.2) is 40.6 Å². The fourth-order valence-electron chi connectivity index (χ4n) is 2.81. The molecule has 1 saturated heterocycles. The van der Waals surface area contributed by atoms with Crippen molar-refractivity contribution in [1.29, 1.82) is 0 Å². The van der Waals surface area contributed by atoms with E-state index in [9.17, 15) is 26.4 Å². The van der Waals surface area contributed by atoms with E-state index in [0.29, 0.717) is 18.7 Å². The second-order valence-corrected chi connectivity index (χ2v) is 8.93. The van der Waals surface area contributed by atoms with Crippen LogP contribution < -0.4 is 5.32 Å². The molecule has 0 bridgehead atoms. The highest BCUT2D eigenvalue weighted by molar-refractivity contribution is 7.89. The summed E-state index contributed by atoms with van der Waals surface area (Å²) in [6.07, 6.45) is -2.84. The Bertz CT molecular complexity index is 916. The lowest BCUT2D eigenvalue weighted by molar-refractivity contribution is -0.137. The van der Waals surface area contributed by atoms with Gasteiger partial charge in [0.25, 0.3) is 5.91 Å². The number of sulfonamides is 1. The number of nitrogens with zero attached hydrogens (tertiary/aromatic N) is 1. The first-order chi connectivity index (χ1) is 12.7. The Morgan fingerprint density at radius 2 is 1.74 bits per heavy atom. The molecule has 1 amide bonds. The van der Waals surface area contributed by atoms with Crippen LogP contribution in [0.25, 0.3) is 0 Å². The zero-order valence-electron chi connectivity index (χ0n) is 14.1. The van der Waals surface area contributed by atoms with Gasteiger partial charge < -0.3 is 5.32 Å². The number of halogens is 3. The van der Waals surface area contributed by atoms with Crippen LogP contribution in [0.5, 0.6) is 0 Å². The van der Waals surface area contributed by atoms with Crippen LogP contribution in [0.3, 0.4) is 0 Å². The fraction of sp³-hybridized carbons (Fsp3) is 0.353. The average Bonchev–Trinajstić information content (AvgIpc) is 3.31. The largest absolute Gasteiger partial charge is 0.416 e. The Hall–Kier alpha value is -1.91. The normalized spacial score (nSPS) is 15.8. The van der Waals surface area contributed by atoms with E-state index in [1.807, 2.05) is 0 Å². The number of rotatable bonds is 5. The first-order valence-electron chi connectivity index (χ1n) is 8.21. The van der Waals surface area contributed by atoms with Crippen LogP contribution in [-0.4, -0.2) is 31.7 Å². The molecular formula is C17H17F3N2O3S2. The molecule has 5 nitrogen and oxygen atoms in total. The molecule has 1 aliphatic heterocycles. The van der Waals surface area contributed by atoms with Gasteiger partial charge in [-0.15, -0.1) is 11.3 Å². The van der Waals surface area contributed by atoms with Gasteiger partial charge in [-0.1, -0.05) is 12.1 Å². The van der Waals surface area contributed by atoms with E-state index < -0.39 is 27.7 Å². The number of carbonyl (C=O) groups is 1. The van der Waals surface area contributed by atoms with Crippen LogP contribution in [0.4, 0.5) is 13.2 Å². The Labute approximate surface area is 158 Å². The zero-order valence-corrected chi connectivity index (χ0v) is 15.8. The third-order valence-electron chi connectivity index (χ3n) is 4.25. The van der Waals surface area contributed by atoms with Gasteiger partial charge in [0.05, 0.1) is 5.56 Å². The second-order valence-electron chi connectivity index (χ2n) is 6.10. The smallest absolute Gasteiger partial charge is 0.347 e. The maximum Gasteiger partial charge on any atom is 0.416 e. The van der Waals surface area contributed by atoms with Crippen molar-refractivity contribution < 1.29 is 26.4 Å². The molecule has 0 radical (unpaired) electrons. The molecule has 27 heavy (non-hydrogen) atoms. The lowest BCUT2D eigenvalue weighted by Gasteiger charge is -2.15. The molecule has 146 valence electrons. The predicted molar refractivity (Wildman–Crippen MR) is 94.9 cm³/mol. The third kappa shape index (κ3) is 4.33. The second kappa shape index (κ2) is 7.61. The number of thiophene rings is 1. The van der Waals surface area contributed by atoms with E-state index in [-0.39, 0.29) is 16.3 Å². The Balaban J connectivity index is 1.70. The van der Waals surface area contributed by atoms with Crippen LogP contribution in [0.1, 0.15) is 33.6 Å². The zero-order chi connectivity index (χ0) is 19.7. The first kappa shape index (κ1) is 19.8. The highest BCUT2D eigenvalue weighted by atomic mass is 32.2. The van der Waals surface area contributed by atoms with E-state index in [1.54, 1.807) is 0 Å². The van der Waals surface area contributed by atoms with Crippen molar-refractivity contribution in [3.63, 3.8) is 0 Å². The average molecular weight is 418 g/mol. The number of amides is 1. The van der Waals surface area contributed by atoms with E-state index in [2.05, 4.69) is 5.32 Å². The summed E-state index contributed by atoms with van der Waals surface area (Å²) in [4.78, 5) is 12.5. The highest BCUT2D eigenvalue weighted by Crippen LogP contribution is 2.29. The number of alkyl halides is 3. The molecule has 2 heterocycles. The van der Waals surface area contributed by atoms with Crippen molar-refractivity contribution in [2.24, 2.45) is 0 Å². The molecule has 3 rings (SSSR count). The summed E-state index contributed by atoms with van der Waals surface area (Å²) < 4.78 is 64.4. The molecule has 10 heteroatoms. The van der Waals surface area contributed by atoms with Gasteiger partial charge in [0.1, 0.15) is 9.77 Å². The minimum absolute atomic E-state index is 0.00191. The van der Waals surface area contributed by atoms with E-state index >= 15 is 0 Å². The van der Waals surface area contributed by atoms with Gasteiger partial charge in [-0.05, 0) is 42.0 Å². The van der Waals surface area contributed by atoms with Crippen molar-refractivity contribution in [3.05, 3.63) is 51.7 Å². The molecule has 0 atom stereocenters. The molecule has 0 spiro atoms. The fourth-order valence-corrected chi connectivity index (χ4v) is 5.64. The monoisotopic (exact) mass is 418 g/mol. The Kier molecular flexibility index (Phi) is 5.59. The summed E-state index contributed by atoms with van der Waals surface area (Å²) in [6.45, 7) is 0.869. The highest BCUT2D eigenvalue weighted by Gasteiger charge is 2.32. The number of hydrogen-bond acceptors (Lipinski definition) is 4. The van der Waals surface area contributed by atoms with Gasteiger partial charge >= 0.3 is 6.18 Å². The SMILES string of the molecule is O=C(NCc1ccc(C(F)(F)F)cc1)c1sccc1S(=O)(=O)N1CCCC1. The van der Waals surface area contributed by atoms with Crippen molar-refractivity contribution in [2.75, 3.05) is 13.1 Å². The number of nitrogens with one attached hydrogen (secondary N) is 1. The van der Waals surface area contributed by atoms with Crippen molar-refractivity contribution >= 4 is 27.3 Å². The lowest BCUT2D eigenvalue weighted by atomic mass is 10.1. The van der Waals surface area contributed by atoms with Gasteiger partial charge in [-0.2, -0.15) is 17.5 Å². The third-order valence-corrected chi connectivity index (χ3v) is 7.24. The Morgan fingerprint density at radius 3 is 2.33 bits per heavy atom. The molecule has 1 fully saturated rings. The van der Waals surface area contributed by atoms with Gasteiger partial charge in [-0.25, -0.2) is 8.42 Å². The summed E-state index contributed by atoms with van der Waals surface area (Å²) in [5.74, 6) is -0.567. The van der Waals surface area contributed by atoms with Gasteiger partial charge in [0.15, 0.2) is 0 Å². The quantitative estimate of drug-likeness (QED) is 0.809.